The Hall–Kier alpha value is -3.88. The number of nitrogens with one attached hydrogen (secondary N) is 3. The van der Waals surface area contributed by atoms with Crippen molar-refractivity contribution in [1.82, 2.24) is 5.32 Å². The highest BCUT2D eigenvalue weighted by Gasteiger charge is 2.11. The molecule has 158 valence electrons. The average Bonchev–Trinajstić information content (AvgIpc) is 2.72. The lowest BCUT2D eigenvalue weighted by Gasteiger charge is -2.09. The summed E-state index contributed by atoms with van der Waals surface area (Å²) in [6.07, 6.45) is 0. The molecule has 0 saturated carbocycles. The van der Waals surface area contributed by atoms with Crippen LogP contribution in [0.3, 0.4) is 0 Å². The number of hydrogen-bond acceptors (Lipinski definition) is 6. The predicted octanol–water partition coefficient (Wildman–Crippen LogP) is 1.96. The molecule has 0 aliphatic carbocycles. The van der Waals surface area contributed by atoms with Gasteiger partial charge in [-0.25, -0.2) is 0 Å². The van der Waals surface area contributed by atoms with Crippen LogP contribution in [0.1, 0.15) is 24.2 Å². The highest BCUT2D eigenvalue weighted by Crippen LogP contribution is 2.13. The number of ether oxygens (including phenoxy) is 2. The molecular weight excluding hydrogens is 390 g/mol. The van der Waals surface area contributed by atoms with Gasteiger partial charge in [-0.15, -0.1) is 0 Å². The Labute approximate surface area is 173 Å². The zero-order valence-electron chi connectivity index (χ0n) is 16.7. The molecule has 0 aliphatic heterocycles. The smallest absolute Gasteiger partial charge is 0.325 e. The zero-order valence-corrected chi connectivity index (χ0v) is 16.7. The van der Waals surface area contributed by atoms with Crippen LogP contribution in [0.2, 0.25) is 0 Å². The molecule has 9 heteroatoms. The van der Waals surface area contributed by atoms with E-state index in [1.165, 1.54) is 6.92 Å². The SMILES string of the molecule is CCOc1ccc(C(=O)NCC(=O)OCC(=O)Nc2ccc(NC(C)=O)cc2)cc1. The summed E-state index contributed by atoms with van der Waals surface area (Å²) in [7, 11) is 0. The van der Waals surface area contributed by atoms with Gasteiger partial charge < -0.3 is 25.4 Å². The van der Waals surface area contributed by atoms with E-state index in [9.17, 15) is 19.2 Å². The maximum Gasteiger partial charge on any atom is 0.325 e. The van der Waals surface area contributed by atoms with E-state index in [0.717, 1.165) is 0 Å². The summed E-state index contributed by atoms with van der Waals surface area (Å²) in [5.41, 5.74) is 1.44. The fourth-order valence-corrected chi connectivity index (χ4v) is 2.36. The molecule has 0 spiro atoms. The number of benzene rings is 2. The second-order valence-corrected chi connectivity index (χ2v) is 6.11. The molecule has 2 rings (SSSR count). The minimum atomic E-state index is -0.745. The van der Waals surface area contributed by atoms with Gasteiger partial charge in [-0.05, 0) is 55.5 Å². The molecule has 0 aromatic heterocycles. The van der Waals surface area contributed by atoms with E-state index in [1.807, 2.05) is 6.92 Å². The molecule has 3 amide bonds. The number of carbonyl (C=O) groups excluding carboxylic acids is 4. The number of carbonyl (C=O) groups is 4. The van der Waals surface area contributed by atoms with Crippen molar-refractivity contribution in [3.63, 3.8) is 0 Å². The first-order valence-electron chi connectivity index (χ1n) is 9.21. The van der Waals surface area contributed by atoms with Crippen molar-refractivity contribution >= 4 is 35.1 Å². The molecule has 0 bridgehead atoms. The summed E-state index contributed by atoms with van der Waals surface area (Å²) in [4.78, 5) is 46.6. The summed E-state index contributed by atoms with van der Waals surface area (Å²) in [6.45, 7) is 2.91. The summed E-state index contributed by atoms with van der Waals surface area (Å²) >= 11 is 0. The summed E-state index contributed by atoms with van der Waals surface area (Å²) in [5, 5.41) is 7.59. The van der Waals surface area contributed by atoms with Crippen molar-refractivity contribution in [3.8, 4) is 5.75 Å². The van der Waals surface area contributed by atoms with E-state index >= 15 is 0 Å². The van der Waals surface area contributed by atoms with Crippen LogP contribution in [-0.4, -0.2) is 43.4 Å². The van der Waals surface area contributed by atoms with Crippen LogP contribution in [0, 0.1) is 0 Å². The van der Waals surface area contributed by atoms with Gasteiger partial charge in [-0.3, -0.25) is 19.2 Å². The van der Waals surface area contributed by atoms with Gasteiger partial charge >= 0.3 is 5.97 Å². The molecule has 0 heterocycles. The number of esters is 1. The van der Waals surface area contributed by atoms with Crippen LogP contribution >= 0.6 is 0 Å². The second-order valence-electron chi connectivity index (χ2n) is 6.11. The van der Waals surface area contributed by atoms with E-state index < -0.39 is 24.4 Å². The van der Waals surface area contributed by atoms with Crippen LogP contribution < -0.4 is 20.7 Å². The van der Waals surface area contributed by atoms with Gasteiger partial charge in [0.15, 0.2) is 6.61 Å². The van der Waals surface area contributed by atoms with Gasteiger partial charge in [0, 0.05) is 23.9 Å². The Kier molecular flexibility index (Phi) is 8.37. The zero-order chi connectivity index (χ0) is 21.9. The standard InChI is InChI=1S/C21H23N3O6/c1-3-29-18-10-4-15(5-11-18)21(28)22-12-20(27)30-13-19(26)24-17-8-6-16(7-9-17)23-14(2)25/h4-11H,3,12-13H2,1-2H3,(H,22,28)(H,23,25)(H,24,26). The van der Waals surface area contributed by atoms with Gasteiger partial charge in [-0.1, -0.05) is 0 Å². The molecule has 30 heavy (non-hydrogen) atoms. The van der Waals surface area contributed by atoms with E-state index in [2.05, 4.69) is 16.0 Å². The van der Waals surface area contributed by atoms with Gasteiger partial charge in [0.25, 0.3) is 11.8 Å². The topological polar surface area (TPSA) is 123 Å². The lowest BCUT2D eigenvalue weighted by atomic mass is 10.2. The van der Waals surface area contributed by atoms with Crippen LogP contribution in [0.25, 0.3) is 0 Å². The first kappa shape index (κ1) is 22.4. The van der Waals surface area contributed by atoms with Crippen molar-refractivity contribution in [2.75, 3.05) is 30.4 Å². The van der Waals surface area contributed by atoms with Gasteiger partial charge in [-0.2, -0.15) is 0 Å². The molecule has 0 saturated heterocycles. The van der Waals surface area contributed by atoms with Crippen LogP contribution in [-0.2, 0) is 19.1 Å². The third-order valence-electron chi connectivity index (χ3n) is 3.67. The molecule has 0 atom stereocenters. The second kappa shape index (κ2) is 11.2. The Balaban J connectivity index is 1.71. The van der Waals surface area contributed by atoms with E-state index in [-0.39, 0.29) is 12.5 Å². The van der Waals surface area contributed by atoms with Crippen LogP contribution in [0.4, 0.5) is 11.4 Å². The first-order valence-corrected chi connectivity index (χ1v) is 9.21. The number of rotatable bonds is 9. The lowest BCUT2D eigenvalue weighted by molar-refractivity contribution is -0.146. The Bertz CT molecular complexity index is 894. The van der Waals surface area contributed by atoms with Gasteiger partial charge in [0.05, 0.1) is 6.61 Å². The monoisotopic (exact) mass is 413 g/mol. The Morgan fingerprint density at radius 3 is 2.03 bits per heavy atom. The molecule has 9 nitrogen and oxygen atoms in total. The third-order valence-corrected chi connectivity index (χ3v) is 3.67. The fourth-order valence-electron chi connectivity index (χ4n) is 2.36. The van der Waals surface area contributed by atoms with E-state index in [1.54, 1.807) is 48.5 Å². The lowest BCUT2D eigenvalue weighted by Crippen LogP contribution is -2.32. The maximum atomic E-state index is 12.0. The van der Waals surface area contributed by atoms with Crippen molar-refractivity contribution in [3.05, 3.63) is 54.1 Å². The summed E-state index contributed by atoms with van der Waals surface area (Å²) < 4.78 is 10.1. The van der Waals surface area contributed by atoms with Gasteiger partial charge in [0.2, 0.25) is 5.91 Å². The first-order chi connectivity index (χ1) is 14.4. The molecule has 2 aromatic rings. The van der Waals surface area contributed by atoms with Gasteiger partial charge in [0.1, 0.15) is 12.3 Å². The van der Waals surface area contributed by atoms with Crippen molar-refractivity contribution < 1.29 is 28.7 Å². The van der Waals surface area contributed by atoms with Crippen molar-refractivity contribution in [2.45, 2.75) is 13.8 Å². The summed E-state index contributed by atoms with van der Waals surface area (Å²) in [5.74, 6) is -1.28. The quantitative estimate of drug-likeness (QED) is 0.540. The minimum Gasteiger partial charge on any atom is -0.494 e. The minimum absolute atomic E-state index is 0.201. The summed E-state index contributed by atoms with van der Waals surface area (Å²) in [6, 6.07) is 12.9. The molecule has 0 fully saturated rings. The normalized spacial score (nSPS) is 9.93. The van der Waals surface area contributed by atoms with E-state index in [0.29, 0.717) is 29.3 Å². The van der Waals surface area contributed by atoms with Crippen molar-refractivity contribution in [1.29, 1.82) is 0 Å². The largest absolute Gasteiger partial charge is 0.494 e. The van der Waals surface area contributed by atoms with Crippen molar-refractivity contribution in [2.24, 2.45) is 0 Å². The third kappa shape index (κ3) is 7.63. The number of amides is 3. The molecule has 0 radical (unpaired) electrons. The van der Waals surface area contributed by atoms with E-state index in [4.69, 9.17) is 9.47 Å². The number of anilines is 2. The highest BCUT2D eigenvalue weighted by molar-refractivity contribution is 5.97. The molecule has 0 unspecified atom stereocenters. The molecule has 2 aromatic carbocycles. The highest BCUT2D eigenvalue weighted by atomic mass is 16.5. The maximum absolute atomic E-state index is 12.0. The molecule has 3 N–H and O–H groups in total. The van der Waals surface area contributed by atoms with Crippen LogP contribution in [0.5, 0.6) is 5.75 Å². The average molecular weight is 413 g/mol. The Morgan fingerprint density at radius 2 is 1.47 bits per heavy atom. The van der Waals surface area contributed by atoms with Crippen LogP contribution in [0.15, 0.2) is 48.5 Å². The molecule has 0 aliphatic rings. The number of hydrogen-bond donors (Lipinski definition) is 3. The predicted molar refractivity (Wildman–Crippen MR) is 110 cm³/mol. The Morgan fingerprint density at radius 1 is 0.867 bits per heavy atom. The fraction of sp³-hybridized carbons (Fsp3) is 0.238. The molecular formula is C21H23N3O6.